The molecule has 0 atom stereocenters. The first-order valence-corrected chi connectivity index (χ1v) is 7.56. The van der Waals surface area contributed by atoms with E-state index < -0.39 is 0 Å². The molecule has 0 amide bonds. The van der Waals surface area contributed by atoms with Gasteiger partial charge in [-0.25, -0.2) is 0 Å². The maximum absolute atomic E-state index is 2.30. The van der Waals surface area contributed by atoms with Crippen LogP contribution in [-0.4, -0.2) is 3.90 Å². The molecule has 0 N–H and O–H groups in total. The molecule has 0 saturated heterocycles. The summed E-state index contributed by atoms with van der Waals surface area (Å²) < 4.78 is 1.57. The van der Waals surface area contributed by atoms with E-state index in [0.29, 0.717) is 5.41 Å². The number of hydrogen-bond acceptors (Lipinski definition) is 1. The Morgan fingerprint density at radius 3 is 1.93 bits per heavy atom. The van der Waals surface area contributed by atoms with Crippen molar-refractivity contribution in [2.75, 3.05) is 0 Å². The van der Waals surface area contributed by atoms with Crippen LogP contribution in [-0.2, 0) is 24.8 Å². The van der Waals surface area contributed by atoms with E-state index in [2.05, 4.69) is 53.7 Å². The van der Waals surface area contributed by atoms with Crippen molar-refractivity contribution in [2.24, 2.45) is 5.41 Å². The molecule has 0 aliphatic carbocycles. The van der Waals surface area contributed by atoms with Gasteiger partial charge in [0.1, 0.15) is 0 Å². The molecule has 1 heterocycles. The molecule has 15 heavy (non-hydrogen) atoms. The van der Waals surface area contributed by atoms with E-state index >= 15 is 0 Å². The summed E-state index contributed by atoms with van der Waals surface area (Å²) in [6.07, 6.45) is 0. The van der Waals surface area contributed by atoms with Crippen molar-refractivity contribution in [1.29, 1.82) is 0 Å². The van der Waals surface area contributed by atoms with E-state index in [1.165, 1.54) is 9.75 Å². The minimum absolute atomic E-state index is 0.288. The SMILES string of the molecule is CC(C)(C)[C](=[W])c1ccc(C(C)(C)C)s1. The molecule has 0 aliphatic rings. The van der Waals surface area contributed by atoms with Gasteiger partial charge in [0.15, 0.2) is 0 Å². The molecule has 0 bridgehead atoms. The second kappa shape index (κ2) is 4.26. The fourth-order valence-electron chi connectivity index (χ4n) is 1.23. The monoisotopic (exact) mass is 392 g/mol. The molecule has 2 heteroatoms. The molecule has 0 unspecified atom stereocenters. The first kappa shape index (κ1) is 13.3. The fraction of sp³-hybridized carbons (Fsp3) is 0.615. The summed E-state index contributed by atoms with van der Waals surface area (Å²) >= 11 is 3.56. The van der Waals surface area contributed by atoms with Crippen molar-refractivity contribution < 1.29 is 19.4 Å². The van der Waals surface area contributed by atoms with Gasteiger partial charge in [-0.15, -0.1) is 0 Å². The van der Waals surface area contributed by atoms with Crippen LogP contribution in [0.5, 0.6) is 0 Å². The Bertz CT molecular complexity index is 361. The third kappa shape index (κ3) is 3.36. The number of thiophene rings is 1. The van der Waals surface area contributed by atoms with Gasteiger partial charge in [-0.3, -0.25) is 0 Å². The Balaban J connectivity index is 3.01. The molecule has 1 aromatic heterocycles. The van der Waals surface area contributed by atoms with Crippen molar-refractivity contribution in [3.8, 4) is 0 Å². The third-order valence-corrected chi connectivity index (χ3v) is 7.28. The molecule has 0 saturated carbocycles. The molecule has 0 aromatic carbocycles. The summed E-state index contributed by atoms with van der Waals surface area (Å²) in [6.45, 7) is 13.7. The van der Waals surface area contributed by atoms with Crippen LogP contribution in [0.25, 0.3) is 0 Å². The first-order chi connectivity index (χ1) is 6.62. The summed E-state index contributed by atoms with van der Waals surface area (Å²) in [5, 5.41) is 0. The molecular weight excluding hydrogens is 372 g/mol. The summed E-state index contributed by atoms with van der Waals surface area (Å²) in [5.74, 6) is 0. The Labute approximate surface area is 109 Å². The molecular formula is C13H20SW. The van der Waals surface area contributed by atoms with Crippen LogP contribution in [0.3, 0.4) is 0 Å². The molecule has 1 aromatic rings. The van der Waals surface area contributed by atoms with Gasteiger partial charge in [-0.1, -0.05) is 0 Å². The van der Waals surface area contributed by atoms with E-state index in [0.717, 1.165) is 0 Å². The van der Waals surface area contributed by atoms with Crippen LogP contribution in [0.4, 0.5) is 0 Å². The second-order valence-corrected chi connectivity index (χ2v) is 8.54. The van der Waals surface area contributed by atoms with Gasteiger partial charge >= 0.3 is 109 Å². The van der Waals surface area contributed by atoms with Gasteiger partial charge in [-0.2, -0.15) is 0 Å². The molecule has 84 valence electrons. The van der Waals surface area contributed by atoms with E-state index in [-0.39, 0.29) is 5.41 Å². The van der Waals surface area contributed by atoms with Gasteiger partial charge in [-0.05, 0) is 0 Å². The van der Waals surface area contributed by atoms with Gasteiger partial charge in [0.2, 0.25) is 0 Å². The molecule has 0 aliphatic heterocycles. The quantitative estimate of drug-likeness (QED) is 0.674. The zero-order chi connectivity index (χ0) is 11.9. The van der Waals surface area contributed by atoms with E-state index in [4.69, 9.17) is 0 Å². The summed E-state index contributed by atoms with van der Waals surface area (Å²) in [6, 6.07) is 4.58. The standard InChI is InChI=1S/C13H20S.W/c1-12(2,3)9-10-7-8-11(14-10)13(4,5)6;/h7-8H,1-6H3;. The Hall–Kier alpha value is 0.258. The van der Waals surface area contributed by atoms with Crippen LogP contribution in [0, 0.1) is 5.41 Å². The predicted octanol–water partition coefficient (Wildman–Crippen LogP) is 4.16. The molecule has 0 radical (unpaired) electrons. The van der Waals surface area contributed by atoms with Gasteiger partial charge in [0.25, 0.3) is 0 Å². The van der Waals surface area contributed by atoms with Crippen LogP contribution >= 0.6 is 11.3 Å². The Morgan fingerprint density at radius 1 is 1.07 bits per heavy atom. The first-order valence-electron chi connectivity index (χ1n) is 5.27. The zero-order valence-corrected chi connectivity index (χ0v) is 14.2. The van der Waals surface area contributed by atoms with Crippen molar-refractivity contribution >= 4 is 15.2 Å². The van der Waals surface area contributed by atoms with Crippen molar-refractivity contribution in [3.63, 3.8) is 0 Å². The normalized spacial score (nSPS) is 12.9. The average molecular weight is 392 g/mol. The summed E-state index contributed by atoms with van der Waals surface area (Å²) in [5.41, 5.74) is 0.603. The number of hydrogen-bond donors (Lipinski definition) is 0. The Morgan fingerprint density at radius 2 is 1.60 bits per heavy atom. The van der Waals surface area contributed by atoms with Crippen molar-refractivity contribution in [3.05, 3.63) is 21.9 Å². The van der Waals surface area contributed by atoms with Crippen LogP contribution < -0.4 is 0 Å². The minimum atomic E-state index is 0.288. The van der Waals surface area contributed by atoms with Gasteiger partial charge < -0.3 is 0 Å². The van der Waals surface area contributed by atoms with Crippen molar-refractivity contribution in [2.45, 2.75) is 47.0 Å². The summed E-state index contributed by atoms with van der Waals surface area (Å²) in [4.78, 5) is 2.96. The van der Waals surface area contributed by atoms with E-state index in [9.17, 15) is 0 Å². The molecule has 1 rings (SSSR count). The number of rotatable bonds is 1. The zero-order valence-electron chi connectivity index (χ0n) is 10.5. The third-order valence-electron chi connectivity index (χ3n) is 2.25. The van der Waals surface area contributed by atoms with E-state index in [1.807, 2.05) is 11.3 Å². The van der Waals surface area contributed by atoms with Gasteiger partial charge in [0, 0.05) is 0 Å². The van der Waals surface area contributed by atoms with Crippen LogP contribution in [0.1, 0.15) is 51.3 Å². The van der Waals surface area contributed by atoms with Crippen molar-refractivity contribution in [1.82, 2.24) is 0 Å². The van der Waals surface area contributed by atoms with Gasteiger partial charge in [0.05, 0.1) is 0 Å². The average Bonchev–Trinajstić information content (AvgIpc) is 2.47. The Kier molecular flexibility index (Phi) is 3.78. The molecule has 0 nitrogen and oxygen atoms in total. The van der Waals surface area contributed by atoms with Crippen LogP contribution in [0.15, 0.2) is 12.1 Å². The van der Waals surface area contributed by atoms with E-state index in [1.54, 1.807) is 23.3 Å². The second-order valence-electron chi connectivity index (χ2n) is 5.99. The van der Waals surface area contributed by atoms with Crippen LogP contribution in [0.2, 0.25) is 0 Å². The molecule has 0 fully saturated rings. The molecule has 0 spiro atoms. The predicted molar refractivity (Wildman–Crippen MR) is 66.6 cm³/mol. The fourth-order valence-corrected chi connectivity index (χ4v) is 3.14. The maximum atomic E-state index is 2.30. The summed E-state index contributed by atoms with van der Waals surface area (Å²) in [7, 11) is 0. The topological polar surface area (TPSA) is 0 Å².